The van der Waals surface area contributed by atoms with Gasteiger partial charge in [-0.3, -0.25) is 0 Å². The molecule has 0 bridgehead atoms. The molecule has 0 saturated carbocycles. The number of nitrogens with one attached hydrogen (secondary N) is 1. The van der Waals surface area contributed by atoms with Crippen LogP contribution >= 0.6 is 0 Å². The molecule has 1 aliphatic rings. The predicted octanol–water partition coefficient (Wildman–Crippen LogP) is 2.31. The molecule has 1 aromatic rings. The van der Waals surface area contributed by atoms with Crippen molar-refractivity contribution in [2.75, 3.05) is 37.3 Å². The molecular formula is C16H26N2O2S. The summed E-state index contributed by atoms with van der Waals surface area (Å²) in [5, 5.41) is 3.37. The Kier molecular flexibility index (Phi) is 5.65. The maximum absolute atomic E-state index is 12.4. The van der Waals surface area contributed by atoms with Crippen molar-refractivity contribution in [1.29, 1.82) is 0 Å². The van der Waals surface area contributed by atoms with Crippen LogP contribution < -0.4 is 10.2 Å². The first kappa shape index (κ1) is 16.3. The third-order valence-electron chi connectivity index (χ3n) is 4.08. The lowest BCUT2D eigenvalue weighted by Gasteiger charge is -2.29. The number of benzene rings is 1. The third-order valence-corrected chi connectivity index (χ3v) is 6.04. The van der Waals surface area contributed by atoms with Crippen LogP contribution in [-0.4, -0.2) is 40.9 Å². The van der Waals surface area contributed by atoms with Gasteiger partial charge < -0.3 is 10.2 Å². The third kappa shape index (κ3) is 4.20. The normalized spacial score (nSPS) is 16.9. The lowest BCUT2D eigenvalue weighted by atomic mass is 9.97. The summed E-state index contributed by atoms with van der Waals surface area (Å²) in [6.07, 6.45) is 2.97. The van der Waals surface area contributed by atoms with Gasteiger partial charge in [0.2, 0.25) is 0 Å². The second-order valence-electron chi connectivity index (χ2n) is 5.86. The van der Waals surface area contributed by atoms with Gasteiger partial charge in [-0.05, 0) is 50.4 Å². The van der Waals surface area contributed by atoms with Crippen LogP contribution in [0.2, 0.25) is 0 Å². The van der Waals surface area contributed by atoms with E-state index in [-0.39, 0.29) is 5.75 Å². The largest absolute Gasteiger partial charge is 0.373 e. The smallest absolute Gasteiger partial charge is 0.180 e. The number of piperidine rings is 1. The number of sulfone groups is 1. The summed E-state index contributed by atoms with van der Waals surface area (Å²) in [5.41, 5.74) is 0.837. The molecule has 21 heavy (non-hydrogen) atoms. The van der Waals surface area contributed by atoms with Crippen LogP contribution in [0.15, 0.2) is 29.2 Å². The Balaban J connectivity index is 2.18. The van der Waals surface area contributed by atoms with E-state index in [1.165, 1.54) is 0 Å². The molecule has 1 heterocycles. The maximum atomic E-state index is 12.4. The van der Waals surface area contributed by atoms with E-state index < -0.39 is 9.84 Å². The molecule has 0 aliphatic carbocycles. The Bertz CT molecular complexity index is 551. The van der Waals surface area contributed by atoms with Gasteiger partial charge in [0.15, 0.2) is 9.84 Å². The summed E-state index contributed by atoms with van der Waals surface area (Å²) >= 11 is 0. The summed E-state index contributed by atoms with van der Waals surface area (Å²) in [7, 11) is -1.18. The monoisotopic (exact) mass is 310 g/mol. The van der Waals surface area contributed by atoms with Gasteiger partial charge in [0.1, 0.15) is 0 Å². The molecule has 5 heteroatoms. The highest BCUT2D eigenvalue weighted by atomic mass is 32.2. The van der Waals surface area contributed by atoms with E-state index in [0.717, 1.165) is 38.2 Å². The Morgan fingerprint density at radius 2 is 1.90 bits per heavy atom. The van der Waals surface area contributed by atoms with Crippen LogP contribution in [0.5, 0.6) is 0 Å². The highest BCUT2D eigenvalue weighted by Crippen LogP contribution is 2.27. The van der Waals surface area contributed by atoms with Gasteiger partial charge in [-0.15, -0.1) is 0 Å². The molecule has 118 valence electrons. The zero-order valence-electron chi connectivity index (χ0n) is 13.0. The molecule has 0 radical (unpaired) electrons. The van der Waals surface area contributed by atoms with Crippen molar-refractivity contribution in [3.63, 3.8) is 0 Å². The SMILES string of the molecule is CCCS(=O)(=O)c1ccccc1N(C)CC1CCNCC1. The van der Waals surface area contributed by atoms with E-state index in [2.05, 4.69) is 10.2 Å². The summed E-state index contributed by atoms with van der Waals surface area (Å²) in [6, 6.07) is 7.38. The highest BCUT2D eigenvalue weighted by Gasteiger charge is 2.21. The van der Waals surface area contributed by atoms with Gasteiger partial charge in [-0.2, -0.15) is 0 Å². The van der Waals surface area contributed by atoms with Crippen molar-refractivity contribution in [1.82, 2.24) is 5.32 Å². The van der Waals surface area contributed by atoms with Crippen LogP contribution in [0.25, 0.3) is 0 Å². The van der Waals surface area contributed by atoms with Crippen molar-refractivity contribution in [2.45, 2.75) is 31.1 Å². The van der Waals surface area contributed by atoms with Crippen molar-refractivity contribution in [3.8, 4) is 0 Å². The molecule has 1 aromatic carbocycles. The fraction of sp³-hybridized carbons (Fsp3) is 0.625. The van der Waals surface area contributed by atoms with Crippen LogP contribution in [0, 0.1) is 5.92 Å². The average Bonchev–Trinajstić information content (AvgIpc) is 2.48. The fourth-order valence-corrected chi connectivity index (χ4v) is 4.55. The molecule has 2 rings (SSSR count). The molecule has 4 nitrogen and oxygen atoms in total. The maximum Gasteiger partial charge on any atom is 0.180 e. The van der Waals surface area contributed by atoms with Gasteiger partial charge >= 0.3 is 0 Å². The van der Waals surface area contributed by atoms with E-state index >= 15 is 0 Å². The molecule has 0 aromatic heterocycles. The zero-order chi connectivity index (χ0) is 15.3. The highest BCUT2D eigenvalue weighted by molar-refractivity contribution is 7.91. The van der Waals surface area contributed by atoms with Gasteiger partial charge in [0, 0.05) is 13.6 Å². The molecule has 0 spiro atoms. The number of anilines is 1. The summed E-state index contributed by atoms with van der Waals surface area (Å²) in [5.74, 6) is 0.851. The van der Waals surface area contributed by atoms with Gasteiger partial charge in [0.25, 0.3) is 0 Å². The number of hydrogen-bond acceptors (Lipinski definition) is 4. The first-order chi connectivity index (χ1) is 10.0. The van der Waals surface area contributed by atoms with Crippen molar-refractivity contribution in [3.05, 3.63) is 24.3 Å². The van der Waals surface area contributed by atoms with Crippen LogP contribution in [0.3, 0.4) is 0 Å². The minimum atomic E-state index is -3.18. The van der Waals surface area contributed by atoms with E-state index in [0.29, 0.717) is 17.2 Å². The standard InChI is InChI=1S/C16H26N2O2S/c1-3-12-21(19,20)16-7-5-4-6-15(16)18(2)13-14-8-10-17-11-9-14/h4-7,14,17H,3,8-13H2,1-2H3. The zero-order valence-corrected chi connectivity index (χ0v) is 13.8. The van der Waals surface area contributed by atoms with E-state index in [1.807, 2.05) is 32.2 Å². The van der Waals surface area contributed by atoms with Crippen LogP contribution in [0.4, 0.5) is 5.69 Å². The van der Waals surface area contributed by atoms with Gasteiger partial charge in [-0.1, -0.05) is 19.1 Å². The lowest BCUT2D eigenvalue weighted by Crippen LogP contribution is -2.35. The number of nitrogens with zero attached hydrogens (tertiary/aromatic N) is 1. The summed E-state index contributed by atoms with van der Waals surface area (Å²) in [4.78, 5) is 2.58. The Hall–Kier alpha value is -1.07. The van der Waals surface area contributed by atoms with Crippen molar-refractivity contribution < 1.29 is 8.42 Å². The molecule has 1 aliphatic heterocycles. The minimum absolute atomic E-state index is 0.213. The quantitative estimate of drug-likeness (QED) is 0.876. The first-order valence-electron chi connectivity index (χ1n) is 7.78. The lowest BCUT2D eigenvalue weighted by molar-refractivity contribution is 0.377. The second kappa shape index (κ2) is 7.27. The molecule has 0 amide bonds. The number of rotatable bonds is 6. The molecule has 0 unspecified atom stereocenters. The topological polar surface area (TPSA) is 49.4 Å². The van der Waals surface area contributed by atoms with Gasteiger partial charge in [-0.25, -0.2) is 8.42 Å². The molecular weight excluding hydrogens is 284 g/mol. The van der Waals surface area contributed by atoms with E-state index in [4.69, 9.17) is 0 Å². The van der Waals surface area contributed by atoms with Gasteiger partial charge in [0.05, 0.1) is 16.3 Å². The molecule has 1 fully saturated rings. The summed E-state index contributed by atoms with van der Waals surface area (Å²) < 4.78 is 24.8. The molecule has 1 N–H and O–H groups in total. The van der Waals surface area contributed by atoms with E-state index in [1.54, 1.807) is 6.07 Å². The Labute approximate surface area is 128 Å². The number of para-hydroxylation sites is 1. The Morgan fingerprint density at radius 1 is 1.24 bits per heavy atom. The average molecular weight is 310 g/mol. The van der Waals surface area contributed by atoms with Crippen LogP contribution in [-0.2, 0) is 9.84 Å². The summed E-state index contributed by atoms with van der Waals surface area (Å²) in [6.45, 7) is 4.95. The predicted molar refractivity (Wildman–Crippen MR) is 87.6 cm³/mol. The first-order valence-corrected chi connectivity index (χ1v) is 9.43. The van der Waals surface area contributed by atoms with Crippen molar-refractivity contribution >= 4 is 15.5 Å². The molecule has 0 atom stereocenters. The second-order valence-corrected chi connectivity index (χ2v) is 7.94. The molecule has 1 saturated heterocycles. The fourth-order valence-electron chi connectivity index (χ4n) is 2.96. The number of hydrogen-bond donors (Lipinski definition) is 1. The van der Waals surface area contributed by atoms with Crippen molar-refractivity contribution in [2.24, 2.45) is 5.92 Å². The van der Waals surface area contributed by atoms with Crippen LogP contribution in [0.1, 0.15) is 26.2 Å². The minimum Gasteiger partial charge on any atom is -0.373 e. The Morgan fingerprint density at radius 3 is 2.57 bits per heavy atom. The van der Waals surface area contributed by atoms with E-state index in [9.17, 15) is 8.42 Å².